The fraction of sp³-hybridized carbons (Fsp3) is 0.458. The molecule has 0 aliphatic carbocycles. The summed E-state index contributed by atoms with van der Waals surface area (Å²) in [6.45, 7) is 2.87. The molecule has 2 aromatic carbocycles. The van der Waals surface area contributed by atoms with Crippen molar-refractivity contribution in [1.82, 2.24) is 4.90 Å². The lowest BCUT2D eigenvalue weighted by atomic mass is 9.90. The molecular formula is C24H32N2O4. The average molecular weight is 413 g/mol. The van der Waals surface area contributed by atoms with Gasteiger partial charge in [0.1, 0.15) is 0 Å². The van der Waals surface area contributed by atoms with E-state index in [1.54, 1.807) is 33.5 Å². The van der Waals surface area contributed by atoms with E-state index in [9.17, 15) is 4.79 Å². The number of nitrogens with one attached hydrogen (secondary N) is 1. The summed E-state index contributed by atoms with van der Waals surface area (Å²) in [6, 6.07) is 14.2. The molecule has 1 N–H and O–H groups in total. The number of carbonyl (C=O) groups is 1. The van der Waals surface area contributed by atoms with E-state index in [1.807, 2.05) is 0 Å². The maximum Gasteiger partial charge on any atom is 0.225 e. The second-order valence-corrected chi connectivity index (χ2v) is 7.69. The second-order valence-electron chi connectivity index (χ2n) is 7.69. The Labute approximate surface area is 179 Å². The predicted octanol–water partition coefficient (Wildman–Crippen LogP) is 4.00. The molecule has 1 heterocycles. The Balaban J connectivity index is 1.45. The van der Waals surface area contributed by atoms with E-state index in [0.29, 0.717) is 29.4 Å². The van der Waals surface area contributed by atoms with Gasteiger partial charge in [0, 0.05) is 30.8 Å². The van der Waals surface area contributed by atoms with Crippen molar-refractivity contribution >= 4 is 11.6 Å². The average Bonchev–Trinajstić information content (AvgIpc) is 2.78. The molecule has 6 nitrogen and oxygen atoms in total. The van der Waals surface area contributed by atoms with Gasteiger partial charge in [-0.25, -0.2) is 0 Å². The van der Waals surface area contributed by atoms with Gasteiger partial charge in [0.2, 0.25) is 11.7 Å². The van der Waals surface area contributed by atoms with Crippen LogP contribution in [0.15, 0.2) is 42.5 Å². The largest absolute Gasteiger partial charge is 0.493 e. The first-order valence-corrected chi connectivity index (χ1v) is 10.5. The summed E-state index contributed by atoms with van der Waals surface area (Å²) >= 11 is 0. The smallest absolute Gasteiger partial charge is 0.225 e. The zero-order valence-electron chi connectivity index (χ0n) is 18.1. The highest BCUT2D eigenvalue weighted by molar-refractivity contribution is 5.91. The lowest BCUT2D eigenvalue weighted by Gasteiger charge is -2.31. The Morgan fingerprint density at radius 1 is 1.00 bits per heavy atom. The normalized spacial score (nSPS) is 14.9. The molecule has 6 heteroatoms. The van der Waals surface area contributed by atoms with Crippen molar-refractivity contribution < 1.29 is 19.0 Å². The molecule has 0 unspecified atom stereocenters. The summed E-state index contributed by atoms with van der Waals surface area (Å²) in [5.74, 6) is 2.27. The first kappa shape index (κ1) is 22.0. The number of ether oxygens (including phenoxy) is 3. The molecule has 0 saturated carbocycles. The summed E-state index contributed by atoms with van der Waals surface area (Å²) in [6.07, 6.45) is 3.98. The number of piperidine rings is 1. The van der Waals surface area contributed by atoms with E-state index in [1.165, 1.54) is 18.4 Å². The summed E-state index contributed by atoms with van der Waals surface area (Å²) in [5, 5.41) is 2.94. The van der Waals surface area contributed by atoms with Crippen molar-refractivity contribution in [2.24, 2.45) is 5.92 Å². The van der Waals surface area contributed by atoms with Crippen molar-refractivity contribution in [1.29, 1.82) is 0 Å². The first-order valence-electron chi connectivity index (χ1n) is 10.5. The number of carbonyl (C=O) groups excluding carboxylic acids is 1. The van der Waals surface area contributed by atoms with E-state index in [2.05, 4.69) is 40.5 Å². The molecule has 1 saturated heterocycles. The van der Waals surface area contributed by atoms with Crippen molar-refractivity contribution in [3.63, 3.8) is 0 Å². The lowest BCUT2D eigenvalue weighted by molar-refractivity contribution is -0.116. The fourth-order valence-electron chi connectivity index (χ4n) is 4.00. The van der Waals surface area contributed by atoms with Gasteiger partial charge < -0.3 is 24.4 Å². The van der Waals surface area contributed by atoms with Crippen LogP contribution in [0.3, 0.4) is 0 Å². The Hall–Kier alpha value is -2.73. The SMILES string of the molecule is COc1cc(NC(=O)CCN2CCC(Cc3ccccc3)CC2)cc(OC)c1OC. The fourth-order valence-corrected chi connectivity index (χ4v) is 4.00. The zero-order chi connectivity index (χ0) is 21.3. The van der Waals surface area contributed by atoms with Crippen LogP contribution in [0.2, 0.25) is 0 Å². The third kappa shape index (κ3) is 5.89. The van der Waals surface area contributed by atoms with Gasteiger partial charge in [-0.15, -0.1) is 0 Å². The number of benzene rings is 2. The van der Waals surface area contributed by atoms with Crippen molar-refractivity contribution in [3.05, 3.63) is 48.0 Å². The molecule has 1 amide bonds. The maximum absolute atomic E-state index is 12.5. The van der Waals surface area contributed by atoms with E-state index < -0.39 is 0 Å². The van der Waals surface area contributed by atoms with Gasteiger partial charge in [0.05, 0.1) is 21.3 Å². The molecule has 1 aliphatic heterocycles. The van der Waals surface area contributed by atoms with Gasteiger partial charge in [-0.05, 0) is 43.8 Å². The third-order valence-corrected chi connectivity index (χ3v) is 5.68. The second kappa shape index (κ2) is 10.9. The molecule has 30 heavy (non-hydrogen) atoms. The van der Waals surface area contributed by atoms with Gasteiger partial charge in [-0.2, -0.15) is 0 Å². The van der Waals surface area contributed by atoms with Crippen LogP contribution in [0.4, 0.5) is 5.69 Å². The van der Waals surface area contributed by atoms with Crippen LogP contribution < -0.4 is 19.5 Å². The van der Waals surface area contributed by atoms with Crippen molar-refractivity contribution in [2.75, 3.05) is 46.3 Å². The highest BCUT2D eigenvalue weighted by Crippen LogP contribution is 2.39. The van der Waals surface area contributed by atoms with E-state index >= 15 is 0 Å². The number of rotatable bonds is 9. The van der Waals surface area contributed by atoms with Crippen molar-refractivity contribution in [3.8, 4) is 17.2 Å². The van der Waals surface area contributed by atoms with Crippen LogP contribution in [0.25, 0.3) is 0 Å². The number of likely N-dealkylation sites (tertiary alicyclic amines) is 1. The van der Waals surface area contributed by atoms with Crippen LogP contribution in [-0.4, -0.2) is 51.8 Å². The van der Waals surface area contributed by atoms with E-state index in [0.717, 1.165) is 32.0 Å². The summed E-state index contributed by atoms with van der Waals surface area (Å²) in [4.78, 5) is 14.8. The van der Waals surface area contributed by atoms with Gasteiger partial charge >= 0.3 is 0 Å². The summed E-state index contributed by atoms with van der Waals surface area (Å²) in [5.41, 5.74) is 2.05. The van der Waals surface area contributed by atoms with Crippen molar-refractivity contribution in [2.45, 2.75) is 25.7 Å². The summed E-state index contributed by atoms with van der Waals surface area (Å²) in [7, 11) is 4.68. The highest BCUT2D eigenvalue weighted by Gasteiger charge is 2.20. The molecule has 1 fully saturated rings. The Morgan fingerprint density at radius 2 is 1.63 bits per heavy atom. The van der Waals surface area contributed by atoms with Crippen LogP contribution in [0.5, 0.6) is 17.2 Å². The Kier molecular flexibility index (Phi) is 7.97. The van der Waals surface area contributed by atoms with Gasteiger partial charge in [0.25, 0.3) is 0 Å². The van der Waals surface area contributed by atoms with Gasteiger partial charge in [0.15, 0.2) is 11.5 Å². The molecule has 162 valence electrons. The van der Waals surface area contributed by atoms with E-state index in [4.69, 9.17) is 14.2 Å². The minimum atomic E-state index is -0.0179. The number of hydrogen-bond donors (Lipinski definition) is 1. The van der Waals surface area contributed by atoms with Crippen LogP contribution in [0, 0.1) is 5.92 Å². The van der Waals surface area contributed by atoms with Crippen LogP contribution >= 0.6 is 0 Å². The number of nitrogens with zero attached hydrogens (tertiary/aromatic N) is 1. The van der Waals surface area contributed by atoms with Gasteiger partial charge in [-0.1, -0.05) is 30.3 Å². The Bertz CT molecular complexity index is 792. The maximum atomic E-state index is 12.5. The molecule has 0 atom stereocenters. The first-order chi connectivity index (χ1) is 14.6. The number of amides is 1. The molecule has 0 radical (unpaired) electrons. The quantitative estimate of drug-likeness (QED) is 0.675. The number of methoxy groups -OCH3 is 3. The number of anilines is 1. The molecule has 0 bridgehead atoms. The van der Waals surface area contributed by atoms with Crippen LogP contribution in [-0.2, 0) is 11.2 Å². The summed E-state index contributed by atoms with van der Waals surface area (Å²) < 4.78 is 16.0. The molecule has 0 spiro atoms. The molecule has 3 rings (SSSR count). The minimum absolute atomic E-state index is 0.0179. The lowest BCUT2D eigenvalue weighted by Crippen LogP contribution is -2.36. The standard InChI is InChI=1S/C24H32N2O4/c1-28-21-16-20(17-22(29-2)24(21)30-3)25-23(27)11-14-26-12-9-19(10-13-26)15-18-7-5-4-6-8-18/h4-8,16-17,19H,9-15H2,1-3H3,(H,25,27). The molecule has 1 aliphatic rings. The molecule has 2 aromatic rings. The minimum Gasteiger partial charge on any atom is -0.493 e. The third-order valence-electron chi connectivity index (χ3n) is 5.68. The topological polar surface area (TPSA) is 60.0 Å². The molecular weight excluding hydrogens is 380 g/mol. The zero-order valence-corrected chi connectivity index (χ0v) is 18.1. The highest BCUT2D eigenvalue weighted by atomic mass is 16.5. The number of hydrogen-bond acceptors (Lipinski definition) is 5. The Morgan fingerprint density at radius 3 is 2.20 bits per heavy atom. The monoisotopic (exact) mass is 412 g/mol. The van der Waals surface area contributed by atoms with Gasteiger partial charge in [-0.3, -0.25) is 4.79 Å². The predicted molar refractivity (Wildman–Crippen MR) is 119 cm³/mol. The molecule has 0 aromatic heterocycles. The van der Waals surface area contributed by atoms with E-state index in [-0.39, 0.29) is 5.91 Å². The van der Waals surface area contributed by atoms with Crippen LogP contribution in [0.1, 0.15) is 24.8 Å².